The Hall–Kier alpha value is -3.43. The molecule has 3 rings (SSSR count). The Morgan fingerprint density at radius 1 is 1.13 bits per heavy atom. The molecule has 0 saturated heterocycles. The van der Waals surface area contributed by atoms with E-state index in [-0.39, 0.29) is 0 Å². The molecular formula is C22H31N9. The Balaban J connectivity index is 1.84. The minimum atomic E-state index is 0.369. The normalized spacial score (nSPS) is 11.6. The van der Waals surface area contributed by atoms with Gasteiger partial charge in [-0.1, -0.05) is 6.42 Å². The Labute approximate surface area is 182 Å². The molecule has 0 radical (unpaired) electrons. The zero-order valence-electron chi connectivity index (χ0n) is 17.9. The molecule has 0 aliphatic rings. The lowest BCUT2D eigenvalue weighted by molar-refractivity contribution is 0.438. The first-order valence-electron chi connectivity index (χ1n) is 10.5. The summed E-state index contributed by atoms with van der Waals surface area (Å²) >= 11 is 0. The van der Waals surface area contributed by atoms with Crippen LogP contribution in [0.5, 0.6) is 0 Å². The van der Waals surface area contributed by atoms with Gasteiger partial charge in [-0.25, -0.2) is 20.8 Å². The van der Waals surface area contributed by atoms with Crippen molar-refractivity contribution < 1.29 is 0 Å². The highest BCUT2D eigenvalue weighted by atomic mass is 15.4. The predicted octanol–water partition coefficient (Wildman–Crippen LogP) is 2.47. The zero-order valence-corrected chi connectivity index (χ0v) is 17.9. The number of hydrazine groups is 1. The number of fused-ring (bicyclic) bond motifs is 1. The molecular weight excluding hydrogens is 390 g/mol. The van der Waals surface area contributed by atoms with E-state index in [0.717, 1.165) is 48.8 Å². The van der Waals surface area contributed by atoms with Gasteiger partial charge in [-0.05, 0) is 67.9 Å². The minimum absolute atomic E-state index is 0.369. The summed E-state index contributed by atoms with van der Waals surface area (Å²) in [6.45, 7) is 3.25. The molecule has 0 fully saturated rings. The third-order valence-corrected chi connectivity index (χ3v) is 5.07. The van der Waals surface area contributed by atoms with E-state index in [9.17, 15) is 0 Å². The van der Waals surface area contributed by atoms with Crippen molar-refractivity contribution in [3.8, 4) is 0 Å². The van der Waals surface area contributed by atoms with Crippen molar-refractivity contribution in [3.63, 3.8) is 0 Å². The summed E-state index contributed by atoms with van der Waals surface area (Å²) in [6.07, 6.45) is 9.22. The van der Waals surface area contributed by atoms with Crippen molar-refractivity contribution >= 4 is 33.9 Å². The molecule has 164 valence electrons. The quantitative estimate of drug-likeness (QED) is 0.188. The summed E-state index contributed by atoms with van der Waals surface area (Å²) in [4.78, 5) is 13.3. The lowest BCUT2D eigenvalue weighted by Crippen LogP contribution is -2.30. The first kappa shape index (κ1) is 22.3. The predicted molar refractivity (Wildman–Crippen MR) is 127 cm³/mol. The van der Waals surface area contributed by atoms with Crippen molar-refractivity contribution in [2.75, 3.05) is 24.1 Å². The van der Waals surface area contributed by atoms with Crippen molar-refractivity contribution in [3.05, 3.63) is 54.1 Å². The summed E-state index contributed by atoms with van der Waals surface area (Å²) in [6, 6.07) is 7.89. The molecule has 9 heteroatoms. The Morgan fingerprint density at radius 3 is 2.68 bits per heavy atom. The van der Waals surface area contributed by atoms with E-state index < -0.39 is 0 Å². The SMILES string of the molecule is CCN(N)/C(=C\N)c1cc2cc(Nc3cc(CCCCCN)ccn3)ncc2c(N)n1. The average molecular weight is 422 g/mol. The molecule has 0 aliphatic heterocycles. The minimum Gasteiger partial charge on any atom is -0.403 e. The molecule has 0 unspecified atom stereocenters. The second kappa shape index (κ2) is 10.6. The third kappa shape index (κ3) is 5.59. The molecule has 3 heterocycles. The number of unbranched alkanes of at least 4 members (excludes halogenated alkanes) is 2. The van der Waals surface area contributed by atoms with E-state index in [4.69, 9.17) is 23.0 Å². The molecule has 0 saturated carbocycles. The first-order valence-corrected chi connectivity index (χ1v) is 10.5. The van der Waals surface area contributed by atoms with Crippen LogP contribution in [-0.2, 0) is 6.42 Å². The molecule has 9 N–H and O–H groups in total. The van der Waals surface area contributed by atoms with Crippen LogP contribution in [0, 0.1) is 0 Å². The maximum absolute atomic E-state index is 6.16. The number of nitrogens with zero attached hydrogens (tertiary/aromatic N) is 4. The highest BCUT2D eigenvalue weighted by Gasteiger charge is 2.12. The van der Waals surface area contributed by atoms with Gasteiger partial charge in [0.2, 0.25) is 0 Å². The van der Waals surface area contributed by atoms with Gasteiger partial charge in [-0.15, -0.1) is 0 Å². The standard InChI is InChI=1S/C22H31N9/c1-2-31(26)19(13-24)18-11-16-12-21(28-14-17(16)22(25)29-18)30-20-10-15(7-9-27-20)6-4-3-5-8-23/h7,9-14H,2-6,8,23-24,26H2,1H3,(H2,25,29)(H,27,28,30)/b19-13-. The lowest BCUT2D eigenvalue weighted by Gasteiger charge is -2.19. The summed E-state index contributed by atoms with van der Waals surface area (Å²) in [5.74, 6) is 7.79. The van der Waals surface area contributed by atoms with E-state index >= 15 is 0 Å². The van der Waals surface area contributed by atoms with E-state index in [1.54, 1.807) is 12.4 Å². The summed E-state index contributed by atoms with van der Waals surface area (Å²) in [7, 11) is 0. The van der Waals surface area contributed by atoms with Crippen LogP contribution < -0.4 is 28.4 Å². The maximum Gasteiger partial charge on any atom is 0.133 e. The average Bonchev–Trinajstić information content (AvgIpc) is 2.77. The third-order valence-electron chi connectivity index (χ3n) is 5.07. The molecule has 0 aromatic carbocycles. The van der Waals surface area contributed by atoms with Crippen LogP contribution in [-0.4, -0.2) is 33.1 Å². The monoisotopic (exact) mass is 421 g/mol. The smallest absolute Gasteiger partial charge is 0.133 e. The first-order chi connectivity index (χ1) is 15.0. The van der Waals surface area contributed by atoms with Gasteiger partial charge in [-0.2, -0.15) is 0 Å². The van der Waals surface area contributed by atoms with E-state index in [1.807, 2.05) is 31.2 Å². The van der Waals surface area contributed by atoms with Gasteiger partial charge in [0.05, 0.1) is 11.4 Å². The fraction of sp³-hybridized carbons (Fsp3) is 0.318. The summed E-state index contributed by atoms with van der Waals surface area (Å²) in [5.41, 5.74) is 19.9. The molecule has 0 bridgehead atoms. The van der Waals surface area contributed by atoms with Gasteiger partial charge >= 0.3 is 0 Å². The maximum atomic E-state index is 6.16. The number of pyridine rings is 3. The van der Waals surface area contributed by atoms with E-state index in [1.165, 1.54) is 16.8 Å². The van der Waals surface area contributed by atoms with Gasteiger partial charge in [-0.3, -0.25) is 0 Å². The number of anilines is 3. The van der Waals surface area contributed by atoms with Gasteiger partial charge in [0.1, 0.15) is 17.5 Å². The molecule has 0 amide bonds. The lowest BCUT2D eigenvalue weighted by atomic mass is 10.1. The highest BCUT2D eigenvalue weighted by Crippen LogP contribution is 2.26. The van der Waals surface area contributed by atoms with Crippen LogP contribution in [0.15, 0.2) is 42.9 Å². The number of hydrogen-bond donors (Lipinski definition) is 5. The van der Waals surface area contributed by atoms with Crippen molar-refractivity contribution in [1.82, 2.24) is 20.0 Å². The van der Waals surface area contributed by atoms with Crippen molar-refractivity contribution in [2.45, 2.75) is 32.6 Å². The van der Waals surface area contributed by atoms with Crippen molar-refractivity contribution in [1.29, 1.82) is 0 Å². The van der Waals surface area contributed by atoms with Gasteiger partial charge in [0.15, 0.2) is 0 Å². The van der Waals surface area contributed by atoms with Crippen LogP contribution in [0.4, 0.5) is 17.5 Å². The zero-order chi connectivity index (χ0) is 22.2. The molecule has 0 spiro atoms. The van der Waals surface area contributed by atoms with E-state index in [0.29, 0.717) is 29.6 Å². The van der Waals surface area contributed by atoms with Gasteiger partial charge in [0, 0.05) is 30.5 Å². The topological polar surface area (TPSA) is 158 Å². The second-order valence-electron chi connectivity index (χ2n) is 7.30. The Morgan fingerprint density at radius 2 is 1.94 bits per heavy atom. The summed E-state index contributed by atoms with van der Waals surface area (Å²) < 4.78 is 0. The number of aromatic nitrogens is 3. The molecule has 3 aromatic heterocycles. The number of nitrogen functional groups attached to an aromatic ring is 1. The van der Waals surface area contributed by atoms with Gasteiger partial charge in [0.25, 0.3) is 0 Å². The van der Waals surface area contributed by atoms with Crippen LogP contribution >= 0.6 is 0 Å². The van der Waals surface area contributed by atoms with Crippen LogP contribution in [0.1, 0.15) is 37.4 Å². The second-order valence-corrected chi connectivity index (χ2v) is 7.30. The number of nitrogens with two attached hydrogens (primary N) is 4. The molecule has 9 nitrogen and oxygen atoms in total. The van der Waals surface area contributed by atoms with Crippen LogP contribution in [0.3, 0.4) is 0 Å². The Bertz CT molecular complexity index is 1050. The number of nitrogens with one attached hydrogen (secondary N) is 1. The summed E-state index contributed by atoms with van der Waals surface area (Å²) in [5, 5.41) is 6.43. The number of aryl methyl sites for hydroxylation is 1. The van der Waals surface area contributed by atoms with Gasteiger partial charge < -0.3 is 27.5 Å². The van der Waals surface area contributed by atoms with Crippen LogP contribution in [0.2, 0.25) is 0 Å². The molecule has 3 aromatic rings. The number of rotatable bonds is 10. The fourth-order valence-corrected chi connectivity index (χ4v) is 3.35. The molecule has 31 heavy (non-hydrogen) atoms. The van der Waals surface area contributed by atoms with Crippen molar-refractivity contribution in [2.24, 2.45) is 17.3 Å². The highest BCUT2D eigenvalue weighted by molar-refractivity contribution is 5.93. The molecule has 0 atom stereocenters. The fourth-order valence-electron chi connectivity index (χ4n) is 3.35. The Kier molecular flexibility index (Phi) is 7.58. The van der Waals surface area contributed by atoms with Crippen LogP contribution in [0.25, 0.3) is 16.5 Å². The largest absolute Gasteiger partial charge is 0.403 e. The molecule has 0 aliphatic carbocycles. The van der Waals surface area contributed by atoms with E-state index in [2.05, 4.69) is 20.3 Å². The number of hydrogen-bond acceptors (Lipinski definition) is 9.